The summed E-state index contributed by atoms with van der Waals surface area (Å²) in [5.41, 5.74) is 2.13. The fourth-order valence-corrected chi connectivity index (χ4v) is 4.19. The van der Waals surface area contributed by atoms with Gasteiger partial charge in [-0.1, -0.05) is 6.07 Å². The zero-order valence-electron chi connectivity index (χ0n) is 15.4. The van der Waals surface area contributed by atoms with Gasteiger partial charge in [0, 0.05) is 24.1 Å². The topological polar surface area (TPSA) is 57.5 Å². The lowest BCUT2D eigenvalue weighted by Crippen LogP contribution is -2.29. The van der Waals surface area contributed by atoms with E-state index < -0.39 is 5.54 Å². The van der Waals surface area contributed by atoms with E-state index in [9.17, 15) is 9.59 Å². The molecule has 0 unspecified atom stereocenters. The molecule has 1 aromatic heterocycles. The van der Waals surface area contributed by atoms with Gasteiger partial charge in [-0.15, -0.1) is 0 Å². The van der Waals surface area contributed by atoms with E-state index in [1.807, 2.05) is 10.6 Å². The molecular formula is C21H25NO4. The Kier molecular flexibility index (Phi) is 4.35. The van der Waals surface area contributed by atoms with E-state index >= 15 is 0 Å². The molecule has 1 aliphatic heterocycles. The van der Waals surface area contributed by atoms with Crippen molar-refractivity contribution in [3.05, 3.63) is 35.5 Å². The van der Waals surface area contributed by atoms with Crippen molar-refractivity contribution in [1.82, 2.24) is 4.57 Å². The smallest absolute Gasteiger partial charge is 0.355 e. The van der Waals surface area contributed by atoms with Gasteiger partial charge in [0.1, 0.15) is 11.2 Å². The molecule has 0 spiro atoms. The van der Waals surface area contributed by atoms with Crippen LogP contribution in [0.1, 0.15) is 61.5 Å². The largest absolute Gasteiger partial charge is 0.461 e. The summed E-state index contributed by atoms with van der Waals surface area (Å²) >= 11 is 0. The zero-order chi connectivity index (χ0) is 18.3. The molecule has 0 amide bonds. The number of benzene rings is 1. The molecule has 0 atom stereocenters. The van der Waals surface area contributed by atoms with Gasteiger partial charge in [0.15, 0.2) is 5.78 Å². The van der Waals surface area contributed by atoms with E-state index in [1.165, 1.54) is 5.56 Å². The fourth-order valence-electron chi connectivity index (χ4n) is 4.19. The van der Waals surface area contributed by atoms with Gasteiger partial charge in [0.05, 0.1) is 6.61 Å². The zero-order valence-corrected chi connectivity index (χ0v) is 15.4. The van der Waals surface area contributed by atoms with Crippen LogP contribution >= 0.6 is 0 Å². The Balaban J connectivity index is 1.83. The first kappa shape index (κ1) is 17.3. The van der Waals surface area contributed by atoms with Gasteiger partial charge in [-0.25, -0.2) is 4.79 Å². The van der Waals surface area contributed by atoms with Crippen LogP contribution in [-0.2, 0) is 19.8 Å². The summed E-state index contributed by atoms with van der Waals surface area (Å²) < 4.78 is 12.7. The fraction of sp³-hybridized carbons (Fsp3) is 0.524. The highest BCUT2D eigenvalue weighted by atomic mass is 16.5. The van der Waals surface area contributed by atoms with Crippen LogP contribution in [0.3, 0.4) is 0 Å². The number of ether oxygens (including phenoxy) is 2. The molecule has 2 heterocycles. The highest BCUT2D eigenvalue weighted by Crippen LogP contribution is 2.48. The average Bonchev–Trinajstić information content (AvgIpc) is 3.37. The Hall–Kier alpha value is -2.14. The molecule has 26 heavy (non-hydrogen) atoms. The van der Waals surface area contributed by atoms with Gasteiger partial charge in [-0.05, 0) is 69.2 Å². The Labute approximate surface area is 153 Å². The number of hydrogen-bond donors (Lipinski definition) is 0. The number of carbonyl (C=O) groups excluding carboxylic acids is 2. The lowest BCUT2D eigenvalue weighted by Gasteiger charge is -2.23. The molecule has 1 aliphatic carbocycles. The van der Waals surface area contributed by atoms with E-state index in [1.54, 1.807) is 13.8 Å². The maximum atomic E-state index is 12.5. The SMILES string of the molecule is CCOC(=O)c1cc2cc(C3CCOCC3)ccc2n1C1(C(C)=O)CC1. The minimum Gasteiger partial charge on any atom is -0.461 e. The van der Waals surface area contributed by atoms with Crippen LogP contribution in [0.2, 0.25) is 0 Å². The molecule has 1 saturated heterocycles. The van der Waals surface area contributed by atoms with Crippen LogP contribution in [0.15, 0.2) is 24.3 Å². The van der Waals surface area contributed by atoms with E-state index in [0.29, 0.717) is 18.2 Å². The molecule has 1 aromatic carbocycles. The number of aromatic nitrogens is 1. The van der Waals surface area contributed by atoms with E-state index in [-0.39, 0.29) is 11.8 Å². The number of Topliss-reactive ketones (excluding diaryl/α,β-unsaturated/α-hetero) is 1. The summed E-state index contributed by atoms with van der Waals surface area (Å²) in [4.78, 5) is 24.9. The lowest BCUT2D eigenvalue weighted by molar-refractivity contribution is -0.121. The summed E-state index contributed by atoms with van der Waals surface area (Å²) in [6, 6.07) is 8.26. The summed E-state index contributed by atoms with van der Waals surface area (Å²) in [5.74, 6) is 0.239. The summed E-state index contributed by atoms with van der Waals surface area (Å²) in [5, 5.41) is 1.00. The Bertz CT molecular complexity index is 856. The van der Waals surface area contributed by atoms with Crippen molar-refractivity contribution in [2.75, 3.05) is 19.8 Å². The van der Waals surface area contributed by atoms with Gasteiger partial charge < -0.3 is 14.0 Å². The highest BCUT2D eigenvalue weighted by Gasteiger charge is 2.51. The van der Waals surface area contributed by atoms with Crippen molar-refractivity contribution in [3.8, 4) is 0 Å². The number of fused-ring (bicyclic) bond motifs is 1. The van der Waals surface area contributed by atoms with Crippen molar-refractivity contribution in [1.29, 1.82) is 0 Å². The van der Waals surface area contributed by atoms with Gasteiger partial charge in [0.25, 0.3) is 0 Å². The maximum Gasteiger partial charge on any atom is 0.355 e. The van der Waals surface area contributed by atoms with Crippen molar-refractivity contribution in [2.24, 2.45) is 0 Å². The molecule has 0 N–H and O–H groups in total. The Morgan fingerprint density at radius 1 is 1.23 bits per heavy atom. The summed E-state index contributed by atoms with van der Waals surface area (Å²) in [6.07, 6.45) is 3.60. The van der Waals surface area contributed by atoms with Crippen LogP contribution in [0.4, 0.5) is 0 Å². The number of hydrogen-bond acceptors (Lipinski definition) is 4. The second kappa shape index (κ2) is 6.54. The molecule has 0 bridgehead atoms. The third-order valence-electron chi connectivity index (χ3n) is 5.81. The summed E-state index contributed by atoms with van der Waals surface area (Å²) in [6.45, 7) is 5.33. The molecule has 4 rings (SSSR count). The number of nitrogens with zero attached hydrogens (tertiary/aromatic N) is 1. The van der Waals surface area contributed by atoms with Crippen LogP contribution in [0.25, 0.3) is 10.9 Å². The molecular weight excluding hydrogens is 330 g/mol. The third kappa shape index (κ3) is 2.75. The normalized spacial score (nSPS) is 19.5. The van der Waals surface area contributed by atoms with Gasteiger partial charge in [0.2, 0.25) is 0 Å². The molecule has 2 aliphatic rings. The maximum absolute atomic E-state index is 12.5. The predicted molar refractivity (Wildman–Crippen MR) is 98.6 cm³/mol. The third-order valence-corrected chi connectivity index (χ3v) is 5.81. The van der Waals surface area contributed by atoms with E-state index in [0.717, 1.165) is 49.8 Å². The van der Waals surface area contributed by atoms with E-state index in [4.69, 9.17) is 9.47 Å². The molecule has 0 radical (unpaired) electrons. The van der Waals surface area contributed by atoms with Crippen LogP contribution in [0.5, 0.6) is 0 Å². The van der Waals surface area contributed by atoms with Gasteiger partial charge >= 0.3 is 5.97 Å². The van der Waals surface area contributed by atoms with Crippen molar-refractivity contribution in [3.63, 3.8) is 0 Å². The molecule has 1 saturated carbocycles. The molecule has 2 aromatic rings. The van der Waals surface area contributed by atoms with Gasteiger partial charge in [-0.3, -0.25) is 4.79 Å². The highest BCUT2D eigenvalue weighted by molar-refractivity contribution is 5.99. The van der Waals surface area contributed by atoms with E-state index in [2.05, 4.69) is 18.2 Å². The standard InChI is InChI=1S/C21H25NO4/c1-3-26-20(24)19-13-17-12-16(15-6-10-25-11-7-15)4-5-18(17)22(19)21(8-9-21)14(2)23/h4-5,12-13,15H,3,6-11H2,1-2H3. The second-order valence-corrected chi connectivity index (χ2v) is 7.38. The van der Waals surface area contributed by atoms with Gasteiger partial charge in [-0.2, -0.15) is 0 Å². The molecule has 5 heteroatoms. The van der Waals surface area contributed by atoms with Crippen molar-refractivity contribution >= 4 is 22.7 Å². The molecule has 138 valence electrons. The number of ketones is 1. The molecule has 5 nitrogen and oxygen atoms in total. The van der Waals surface area contributed by atoms with Crippen LogP contribution in [-0.4, -0.2) is 36.1 Å². The minimum atomic E-state index is -0.579. The molecule has 2 fully saturated rings. The Morgan fingerprint density at radius 3 is 2.58 bits per heavy atom. The van der Waals surface area contributed by atoms with Crippen molar-refractivity contribution < 1.29 is 19.1 Å². The number of rotatable bonds is 5. The average molecular weight is 355 g/mol. The first-order chi connectivity index (χ1) is 12.6. The van der Waals surface area contributed by atoms with Crippen molar-refractivity contribution in [2.45, 2.75) is 51.0 Å². The number of esters is 1. The Morgan fingerprint density at radius 2 is 1.96 bits per heavy atom. The second-order valence-electron chi connectivity index (χ2n) is 7.38. The quantitative estimate of drug-likeness (QED) is 0.766. The number of carbonyl (C=O) groups is 2. The first-order valence-electron chi connectivity index (χ1n) is 9.48. The minimum absolute atomic E-state index is 0.106. The van der Waals surface area contributed by atoms with Crippen LogP contribution in [0, 0.1) is 0 Å². The lowest BCUT2D eigenvalue weighted by atomic mass is 9.91. The monoisotopic (exact) mass is 355 g/mol. The predicted octanol–water partition coefficient (Wildman–Crippen LogP) is 3.79. The summed E-state index contributed by atoms with van der Waals surface area (Å²) in [7, 11) is 0. The van der Waals surface area contributed by atoms with Crippen LogP contribution < -0.4 is 0 Å². The first-order valence-corrected chi connectivity index (χ1v) is 9.48.